The second kappa shape index (κ2) is 9.78. The van der Waals surface area contributed by atoms with Gasteiger partial charge in [-0.15, -0.1) is 0 Å². The molecule has 0 aliphatic carbocycles. The number of urea groups is 2. The normalized spacial score (nSPS) is 20.7. The lowest BCUT2D eigenvalue weighted by Crippen LogP contribution is -2.58. The molecule has 33 heavy (non-hydrogen) atoms. The SMILES string of the molecule is CC1(C)[C@@H](N(O)C(=O)Nc2ccccc2)N(c2ccccc2)C(=O)N1CCN1CCOCC1. The number of amides is 4. The Hall–Kier alpha value is -3.14. The number of anilines is 2. The van der Waals surface area contributed by atoms with E-state index in [1.165, 1.54) is 4.90 Å². The minimum atomic E-state index is -0.930. The van der Waals surface area contributed by atoms with Crippen LogP contribution in [0, 0.1) is 0 Å². The number of carbonyl (C=O) groups excluding carboxylic acids is 2. The molecule has 0 unspecified atom stereocenters. The zero-order valence-corrected chi connectivity index (χ0v) is 19.1. The van der Waals surface area contributed by atoms with Gasteiger partial charge in [0.1, 0.15) is 0 Å². The molecule has 0 bridgehead atoms. The Labute approximate surface area is 194 Å². The van der Waals surface area contributed by atoms with Crippen LogP contribution in [0.1, 0.15) is 13.8 Å². The number of hydrogen-bond donors (Lipinski definition) is 2. The molecule has 2 aliphatic rings. The molecule has 2 aromatic carbocycles. The average Bonchev–Trinajstić information content (AvgIpc) is 3.03. The summed E-state index contributed by atoms with van der Waals surface area (Å²) in [7, 11) is 0. The monoisotopic (exact) mass is 453 g/mol. The van der Waals surface area contributed by atoms with Crippen LogP contribution < -0.4 is 10.2 Å². The van der Waals surface area contributed by atoms with Gasteiger partial charge < -0.3 is 15.0 Å². The number of rotatable bonds is 6. The highest BCUT2D eigenvalue weighted by Gasteiger charge is 2.55. The van der Waals surface area contributed by atoms with Gasteiger partial charge in [0.2, 0.25) is 0 Å². The van der Waals surface area contributed by atoms with Crippen molar-refractivity contribution in [1.82, 2.24) is 14.9 Å². The Morgan fingerprint density at radius 3 is 2.30 bits per heavy atom. The van der Waals surface area contributed by atoms with Crippen LogP contribution in [-0.4, -0.2) is 83.2 Å². The van der Waals surface area contributed by atoms with Gasteiger partial charge in [-0.3, -0.25) is 15.0 Å². The summed E-state index contributed by atoms with van der Waals surface area (Å²) in [6, 6.07) is 17.1. The number of hydrogen-bond acceptors (Lipinski definition) is 5. The van der Waals surface area contributed by atoms with Crippen molar-refractivity contribution in [2.75, 3.05) is 49.6 Å². The molecular formula is C24H31N5O4. The third kappa shape index (κ3) is 4.80. The minimum absolute atomic E-state index is 0.254. The summed E-state index contributed by atoms with van der Waals surface area (Å²) >= 11 is 0. The predicted molar refractivity (Wildman–Crippen MR) is 125 cm³/mol. The predicted octanol–water partition coefficient (Wildman–Crippen LogP) is 3.29. The third-order valence-corrected chi connectivity index (χ3v) is 6.25. The number of nitrogens with zero attached hydrogens (tertiary/aromatic N) is 4. The minimum Gasteiger partial charge on any atom is -0.379 e. The molecular weight excluding hydrogens is 422 g/mol. The highest BCUT2D eigenvalue weighted by molar-refractivity contribution is 5.98. The molecule has 2 N–H and O–H groups in total. The molecule has 0 radical (unpaired) electrons. The van der Waals surface area contributed by atoms with E-state index in [1.54, 1.807) is 41.3 Å². The highest BCUT2D eigenvalue weighted by Crippen LogP contribution is 2.37. The molecule has 0 saturated carbocycles. The zero-order chi connectivity index (χ0) is 23.4. The van der Waals surface area contributed by atoms with Crippen LogP contribution in [0.5, 0.6) is 0 Å². The van der Waals surface area contributed by atoms with Crippen molar-refractivity contribution in [3.05, 3.63) is 60.7 Å². The largest absolute Gasteiger partial charge is 0.379 e. The molecule has 0 aromatic heterocycles. The fraction of sp³-hybridized carbons (Fsp3) is 0.417. The van der Waals surface area contributed by atoms with Gasteiger partial charge >= 0.3 is 12.1 Å². The van der Waals surface area contributed by atoms with E-state index < -0.39 is 17.7 Å². The number of morpholine rings is 1. The summed E-state index contributed by atoms with van der Waals surface area (Å²) in [6.07, 6.45) is -0.930. The topological polar surface area (TPSA) is 88.6 Å². The van der Waals surface area contributed by atoms with Gasteiger partial charge in [0.25, 0.3) is 0 Å². The quantitative estimate of drug-likeness (QED) is 0.518. The zero-order valence-electron chi connectivity index (χ0n) is 19.1. The Bertz CT molecular complexity index is 950. The molecule has 1 atom stereocenters. The van der Waals surface area contributed by atoms with Crippen LogP contribution in [-0.2, 0) is 4.74 Å². The first-order valence-electron chi connectivity index (χ1n) is 11.2. The van der Waals surface area contributed by atoms with Crippen LogP contribution in [0.4, 0.5) is 21.0 Å². The molecule has 176 valence electrons. The number of para-hydroxylation sites is 2. The fourth-order valence-corrected chi connectivity index (χ4v) is 4.45. The van der Waals surface area contributed by atoms with Crippen LogP contribution in [0.15, 0.2) is 60.7 Å². The fourth-order valence-electron chi connectivity index (χ4n) is 4.45. The van der Waals surface area contributed by atoms with Gasteiger partial charge in [-0.1, -0.05) is 36.4 Å². The van der Waals surface area contributed by atoms with Crippen molar-refractivity contribution in [1.29, 1.82) is 0 Å². The van der Waals surface area contributed by atoms with Crippen molar-refractivity contribution in [2.45, 2.75) is 25.6 Å². The Morgan fingerprint density at radius 1 is 1.06 bits per heavy atom. The number of ether oxygens (including phenoxy) is 1. The lowest BCUT2D eigenvalue weighted by Gasteiger charge is -2.39. The molecule has 2 saturated heterocycles. The molecule has 4 amide bonds. The number of hydroxylamine groups is 2. The summed E-state index contributed by atoms with van der Waals surface area (Å²) in [6.45, 7) is 7.91. The molecule has 9 nitrogen and oxygen atoms in total. The Kier molecular flexibility index (Phi) is 6.83. The molecule has 9 heteroatoms. The van der Waals surface area contributed by atoms with Gasteiger partial charge in [-0.2, -0.15) is 5.06 Å². The maximum Gasteiger partial charge on any atom is 0.347 e. The van der Waals surface area contributed by atoms with Crippen molar-refractivity contribution < 1.29 is 19.5 Å². The smallest absolute Gasteiger partial charge is 0.347 e. The van der Waals surface area contributed by atoms with E-state index in [1.807, 2.05) is 38.1 Å². The second-order valence-corrected chi connectivity index (χ2v) is 8.76. The first-order valence-corrected chi connectivity index (χ1v) is 11.2. The van der Waals surface area contributed by atoms with E-state index in [2.05, 4.69) is 10.2 Å². The molecule has 2 aliphatic heterocycles. The first-order chi connectivity index (χ1) is 15.9. The van der Waals surface area contributed by atoms with E-state index in [9.17, 15) is 14.8 Å². The second-order valence-electron chi connectivity index (χ2n) is 8.76. The Morgan fingerprint density at radius 2 is 1.67 bits per heavy atom. The third-order valence-electron chi connectivity index (χ3n) is 6.25. The van der Waals surface area contributed by atoms with Crippen molar-refractivity contribution in [3.8, 4) is 0 Å². The summed E-state index contributed by atoms with van der Waals surface area (Å²) in [4.78, 5) is 32.1. The van der Waals surface area contributed by atoms with Gasteiger partial charge in [0, 0.05) is 37.6 Å². The van der Waals surface area contributed by atoms with E-state index in [-0.39, 0.29) is 6.03 Å². The summed E-state index contributed by atoms with van der Waals surface area (Å²) in [5.41, 5.74) is 0.308. The van der Waals surface area contributed by atoms with Crippen molar-refractivity contribution in [3.63, 3.8) is 0 Å². The van der Waals surface area contributed by atoms with Crippen molar-refractivity contribution >= 4 is 23.4 Å². The first kappa shape index (κ1) is 23.0. The van der Waals surface area contributed by atoms with Gasteiger partial charge in [-0.05, 0) is 38.1 Å². The highest BCUT2D eigenvalue weighted by atomic mass is 16.5. The van der Waals surface area contributed by atoms with Gasteiger partial charge in [-0.25, -0.2) is 9.59 Å². The van der Waals surface area contributed by atoms with Gasteiger partial charge in [0.05, 0.1) is 18.8 Å². The number of benzene rings is 2. The number of nitrogens with one attached hydrogen (secondary N) is 1. The van der Waals surface area contributed by atoms with E-state index in [0.29, 0.717) is 42.7 Å². The summed E-state index contributed by atoms with van der Waals surface area (Å²) in [5.74, 6) is 0. The summed E-state index contributed by atoms with van der Waals surface area (Å²) < 4.78 is 5.42. The molecule has 0 spiro atoms. The molecule has 4 rings (SSSR count). The summed E-state index contributed by atoms with van der Waals surface area (Å²) in [5, 5.41) is 14.4. The average molecular weight is 454 g/mol. The molecule has 2 heterocycles. The van der Waals surface area contributed by atoms with Crippen LogP contribution in [0.3, 0.4) is 0 Å². The van der Waals surface area contributed by atoms with E-state index in [4.69, 9.17) is 4.74 Å². The van der Waals surface area contributed by atoms with Crippen molar-refractivity contribution in [2.24, 2.45) is 0 Å². The number of carbonyl (C=O) groups is 2. The van der Waals surface area contributed by atoms with E-state index in [0.717, 1.165) is 13.1 Å². The standard InChI is InChI=1S/C24H31N5O4/c1-24(2)21(29(32)22(30)25-19-9-5-3-6-10-19)28(20-11-7-4-8-12-20)23(31)27(24)14-13-26-15-17-33-18-16-26/h3-12,21,32H,13-18H2,1-2H3,(H,25,30)/t21-/m1/s1. The lowest BCUT2D eigenvalue weighted by atomic mass is 9.99. The van der Waals surface area contributed by atoms with Gasteiger partial charge in [0.15, 0.2) is 6.17 Å². The molecule has 2 fully saturated rings. The van der Waals surface area contributed by atoms with Crippen LogP contribution >= 0.6 is 0 Å². The Balaban J connectivity index is 1.60. The molecule has 2 aromatic rings. The maximum atomic E-state index is 13.6. The van der Waals surface area contributed by atoms with Crippen LogP contribution in [0.25, 0.3) is 0 Å². The van der Waals surface area contributed by atoms with Crippen LogP contribution in [0.2, 0.25) is 0 Å². The lowest BCUT2D eigenvalue weighted by molar-refractivity contribution is -0.0954. The maximum absolute atomic E-state index is 13.6. The van der Waals surface area contributed by atoms with E-state index >= 15 is 0 Å².